The molecule has 0 saturated carbocycles. The van der Waals surface area contributed by atoms with Gasteiger partial charge in [0.1, 0.15) is 12.4 Å². The fourth-order valence-corrected chi connectivity index (χ4v) is 1.71. The van der Waals surface area contributed by atoms with E-state index in [0.29, 0.717) is 12.3 Å². The Kier molecular flexibility index (Phi) is 5.39. The van der Waals surface area contributed by atoms with E-state index in [1.54, 1.807) is 24.3 Å². The summed E-state index contributed by atoms with van der Waals surface area (Å²) in [5.74, 6) is 5.90. The molecule has 0 saturated heterocycles. The molecule has 0 unspecified atom stereocenters. The maximum absolute atomic E-state index is 11.6. The van der Waals surface area contributed by atoms with Crippen molar-refractivity contribution in [1.82, 2.24) is 5.32 Å². The molecule has 2 rings (SSSR count). The van der Waals surface area contributed by atoms with Crippen molar-refractivity contribution in [3.63, 3.8) is 0 Å². The van der Waals surface area contributed by atoms with Gasteiger partial charge in [-0.3, -0.25) is 0 Å². The van der Waals surface area contributed by atoms with E-state index in [9.17, 15) is 4.79 Å². The molecule has 0 atom stereocenters. The van der Waals surface area contributed by atoms with Gasteiger partial charge >= 0.3 is 6.09 Å². The van der Waals surface area contributed by atoms with Crippen LogP contribution in [0.2, 0.25) is 0 Å². The van der Waals surface area contributed by atoms with Crippen molar-refractivity contribution in [2.24, 2.45) is 0 Å². The maximum Gasteiger partial charge on any atom is 0.412 e. The molecule has 0 spiro atoms. The number of aliphatic hydroxyl groups excluding tert-OH is 1. The van der Waals surface area contributed by atoms with Crippen molar-refractivity contribution in [3.05, 3.63) is 65.7 Å². The van der Waals surface area contributed by atoms with E-state index in [2.05, 4.69) is 17.2 Å². The van der Waals surface area contributed by atoms with Crippen LogP contribution in [0.4, 0.5) is 4.79 Å². The lowest BCUT2D eigenvalue weighted by Crippen LogP contribution is -2.26. The highest BCUT2D eigenvalue weighted by atomic mass is 16.6. The van der Waals surface area contributed by atoms with Gasteiger partial charge in [0.05, 0.1) is 0 Å². The van der Waals surface area contributed by atoms with Crippen molar-refractivity contribution in [3.8, 4) is 17.6 Å². The molecule has 2 aromatic rings. The normalized spacial score (nSPS) is 9.38. The Morgan fingerprint density at radius 3 is 2.71 bits per heavy atom. The second-order valence-corrected chi connectivity index (χ2v) is 4.22. The molecule has 0 aliphatic heterocycles. The van der Waals surface area contributed by atoms with Crippen LogP contribution in [0.25, 0.3) is 0 Å². The van der Waals surface area contributed by atoms with Gasteiger partial charge in [-0.2, -0.15) is 0 Å². The number of para-hydroxylation sites is 1. The maximum atomic E-state index is 11.6. The molecule has 2 N–H and O–H groups in total. The van der Waals surface area contributed by atoms with E-state index >= 15 is 0 Å². The number of ether oxygens (including phenoxy) is 1. The number of hydrogen-bond donors (Lipinski definition) is 2. The summed E-state index contributed by atoms with van der Waals surface area (Å²) in [4.78, 5) is 11.6. The zero-order valence-corrected chi connectivity index (χ0v) is 11.4. The van der Waals surface area contributed by atoms with Crippen molar-refractivity contribution in [1.29, 1.82) is 0 Å². The van der Waals surface area contributed by atoms with Crippen LogP contribution in [0.5, 0.6) is 5.75 Å². The molecule has 0 aromatic heterocycles. The summed E-state index contributed by atoms with van der Waals surface area (Å²) in [6, 6.07) is 16.3. The number of amides is 1. The molecular formula is C17H15NO3. The van der Waals surface area contributed by atoms with Gasteiger partial charge in [0.15, 0.2) is 0 Å². The van der Waals surface area contributed by atoms with Crippen molar-refractivity contribution in [2.75, 3.05) is 6.61 Å². The van der Waals surface area contributed by atoms with Crippen LogP contribution in [-0.4, -0.2) is 17.8 Å². The number of hydrogen-bond acceptors (Lipinski definition) is 3. The lowest BCUT2D eigenvalue weighted by molar-refractivity contribution is 0.200. The first-order chi connectivity index (χ1) is 10.3. The summed E-state index contributed by atoms with van der Waals surface area (Å²) >= 11 is 0. The Hall–Kier alpha value is -2.77. The summed E-state index contributed by atoms with van der Waals surface area (Å²) in [6.45, 7) is 0.173. The van der Waals surface area contributed by atoms with E-state index < -0.39 is 6.09 Å². The smallest absolute Gasteiger partial charge is 0.410 e. The second-order valence-electron chi connectivity index (χ2n) is 4.22. The third-order valence-electron chi connectivity index (χ3n) is 2.63. The lowest BCUT2D eigenvalue weighted by Gasteiger charge is -2.06. The molecule has 0 bridgehead atoms. The number of benzene rings is 2. The second kappa shape index (κ2) is 7.73. The number of carbonyl (C=O) groups is 1. The van der Waals surface area contributed by atoms with E-state index in [-0.39, 0.29) is 6.61 Å². The van der Waals surface area contributed by atoms with Gasteiger partial charge in [0.2, 0.25) is 0 Å². The molecule has 0 aliphatic rings. The standard InChI is InChI=1S/C17H15NO3/c19-11-5-8-14-6-4-7-15(12-14)13-18-17(20)21-16-9-2-1-3-10-16/h1-4,6-7,9-10,12,19H,11,13H2,(H,18,20). The van der Waals surface area contributed by atoms with Crippen LogP contribution in [0.3, 0.4) is 0 Å². The predicted molar refractivity (Wildman–Crippen MR) is 79.7 cm³/mol. The summed E-state index contributed by atoms with van der Waals surface area (Å²) < 4.78 is 5.12. The number of aliphatic hydroxyl groups is 1. The Bertz CT molecular complexity index is 656. The zero-order chi connectivity index (χ0) is 14.9. The molecule has 106 valence electrons. The first kappa shape index (κ1) is 14.6. The van der Waals surface area contributed by atoms with E-state index in [0.717, 1.165) is 11.1 Å². The van der Waals surface area contributed by atoms with Gasteiger partial charge < -0.3 is 15.2 Å². The summed E-state index contributed by atoms with van der Waals surface area (Å²) in [7, 11) is 0. The SMILES string of the molecule is O=C(NCc1cccc(C#CCO)c1)Oc1ccccc1. The van der Waals surface area contributed by atoms with Gasteiger partial charge in [-0.25, -0.2) is 4.79 Å². The highest BCUT2D eigenvalue weighted by Gasteiger charge is 2.03. The first-order valence-electron chi connectivity index (χ1n) is 6.47. The summed E-state index contributed by atoms with van der Waals surface area (Å²) in [5.41, 5.74) is 1.70. The largest absolute Gasteiger partial charge is 0.412 e. The molecule has 0 radical (unpaired) electrons. The first-order valence-corrected chi connectivity index (χ1v) is 6.47. The van der Waals surface area contributed by atoms with Gasteiger partial charge in [-0.05, 0) is 29.8 Å². The van der Waals surface area contributed by atoms with E-state index in [1.807, 2.05) is 30.3 Å². The number of rotatable bonds is 3. The van der Waals surface area contributed by atoms with Gasteiger partial charge in [0, 0.05) is 12.1 Å². The molecule has 1 amide bonds. The van der Waals surface area contributed by atoms with Crippen LogP contribution in [0.15, 0.2) is 54.6 Å². The van der Waals surface area contributed by atoms with Crippen molar-refractivity contribution < 1.29 is 14.6 Å². The molecule has 2 aromatic carbocycles. The Labute approximate surface area is 123 Å². The van der Waals surface area contributed by atoms with Crippen LogP contribution in [0.1, 0.15) is 11.1 Å². The summed E-state index contributed by atoms with van der Waals surface area (Å²) in [6.07, 6.45) is -0.506. The van der Waals surface area contributed by atoms with Crippen LogP contribution >= 0.6 is 0 Å². The minimum absolute atomic E-state index is 0.175. The fraction of sp³-hybridized carbons (Fsp3) is 0.118. The Balaban J connectivity index is 1.89. The topological polar surface area (TPSA) is 58.6 Å². The number of carbonyl (C=O) groups excluding carboxylic acids is 1. The fourth-order valence-electron chi connectivity index (χ4n) is 1.71. The van der Waals surface area contributed by atoms with Gasteiger partial charge in [-0.15, -0.1) is 0 Å². The average molecular weight is 281 g/mol. The van der Waals surface area contributed by atoms with Gasteiger partial charge in [-0.1, -0.05) is 42.2 Å². The Morgan fingerprint density at radius 2 is 1.95 bits per heavy atom. The molecule has 4 heteroatoms. The third-order valence-corrected chi connectivity index (χ3v) is 2.63. The minimum Gasteiger partial charge on any atom is -0.410 e. The molecule has 4 nitrogen and oxygen atoms in total. The Morgan fingerprint density at radius 1 is 1.14 bits per heavy atom. The van der Waals surface area contributed by atoms with E-state index in [1.165, 1.54) is 0 Å². The highest BCUT2D eigenvalue weighted by Crippen LogP contribution is 2.09. The third kappa shape index (κ3) is 5.01. The molecular weight excluding hydrogens is 266 g/mol. The monoisotopic (exact) mass is 281 g/mol. The van der Waals surface area contributed by atoms with Crippen LogP contribution < -0.4 is 10.1 Å². The van der Waals surface area contributed by atoms with E-state index in [4.69, 9.17) is 9.84 Å². The predicted octanol–water partition coefficient (Wildman–Crippen LogP) is 2.32. The molecule has 0 aliphatic carbocycles. The van der Waals surface area contributed by atoms with Gasteiger partial charge in [0.25, 0.3) is 0 Å². The quantitative estimate of drug-likeness (QED) is 0.849. The molecule has 21 heavy (non-hydrogen) atoms. The zero-order valence-electron chi connectivity index (χ0n) is 11.4. The van der Waals surface area contributed by atoms with Crippen molar-refractivity contribution >= 4 is 6.09 Å². The van der Waals surface area contributed by atoms with Crippen LogP contribution in [0, 0.1) is 11.8 Å². The molecule has 0 fully saturated rings. The molecule has 0 heterocycles. The number of nitrogens with one attached hydrogen (secondary N) is 1. The lowest BCUT2D eigenvalue weighted by atomic mass is 10.1. The highest BCUT2D eigenvalue weighted by molar-refractivity contribution is 5.70. The van der Waals surface area contributed by atoms with Crippen molar-refractivity contribution in [2.45, 2.75) is 6.54 Å². The summed E-state index contributed by atoms with van der Waals surface area (Å²) in [5, 5.41) is 11.3. The minimum atomic E-state index is -0.506. The van der Waals surface area contributed by atoms with Crippen LogP contribution in [-0.2, 0) is 6.54 Å². The average Bonchev–Trinajstić information content (AvgIpc) is 2.52.